The van der Waals surface area contributed by atoms with Crippen LogP contribution in [0.25, 0.3) is 0 Å². The number of halogens is 3. The number of carboxylic acids is 2. The smallest absolute Gasteiger partial charge is 0.322 e. The summed E-state index contributed by atoms with van der Waals surface area (Å²) in [5.74, 6) is -4.17. The lowest BCUT2D eigenvalue weighted by molar-refractivity contribution is -0.150. The second-order valence-electron chi connectivity index (χ2n) is 2.52. The second-order valence-corrected chi connectivity index (χ2v) is 2.52. The van der Waals surface area contributed by atoms with Gasteiger partial charge in [-0.1, -0.05) is 30.3 Å². The normalized spacial score (nSPS) is 8.29. The topological polar surface area (TPSA) is 74.6 Å². The first kappa shape index (κ1) is 17.3. The Kier molecular flexibility index (Phi) is 10.7. The van der Waals surface area contributed by atoms with Crippen LogP contribution in [0.5, 0.6) is 0 Å². The molecule has 1 aromatic carbocycles. The minimum atomic E-state index is -1.47. The van der Waals surface area contributed by atoms with Crippen molar-refractivity contribution in [1.82, 2.24) is 0 Å². The molecule has 2 N–H and O–H groups in total. The molecule has 17 heavy (non-hydrogen) atoms. The van der Waals surface area contributed by atoms with Gasteiger partial charge in [-0.3, -0.25) is 14.0 Å². The van der Waals surface area contributed by atoms with Crippen molar-refractivity contribution in [3.05, 3.63) is 35.9 Å². The van der Waals surface area contributed by atoms with Crippen LogP contribution in [0.2, 0.25) is 0 Å². The van der Waals surface area contributed by atoms with Crippen LogP contribution in [0.3, 0.4) is 0 Å². The molecule has 0 aliphatic rings. The molecule has 0 unspecified atom stereocenters. The third-order valence-corrected chi connectivity index (χ3v) is 1.63. The SMILES string of the molecule is CF.FF.O=C(O)C(C(=O)O)c1ccccc1. The van der Waals surface area contributed by atoms with E-state index in [1.165, 1.54) is 12.1 Å². The molecule has 0 aliphatic heterocycles. The molecule has 1 aromatic rings. The molecule has 0 heterocycles. The van der Waals surface area contributed by atoms with Gasteiger partial charge in [0.15, 0.2) is 5.92 Å². The number of hydrogen-bond acceptors (Lipinski definition) is 2. The fraction of sp³-hybridized carbons (Fsp3) is 0.200. The summed E-state index contributed by atoms with van der Waals surface area (Å²) in [5, 5.41) is 17.2. The highest BCUT2D eigenvalue weighted by Gasteiger charge is 2.27. The molecule has 0 atom stereocenters. The summed E-state index contributed by atoms with van der Waals surface area (Å²) in [6, 6.07) is 7.87. The van der Waals surface area contributed by atoms with Gasteiger partial charge in [-0.15, -0.1) is 0 Å². The molecule has 0 fully saturated rings. The first-order valence-corrected chi connectivity index (χ1v) is 4.15. The van der Waals surface area contributed by atoms with E-state index in [0.717, 1.165) is 0 Å². The molecular formula is C10H11F3O4. The van der Waals surface area contributed by atoms with Crippen molar-refractivity contribution in [2.24, 2.45) is 0 Å². The Bertz CT molecular complexity index is 316. The zero-order valence-corrected chi connectivity index (χ0v) is 8.81. The summed E-state index contributed by atoms with van der Waals surface area (Å²) in [5.41, 5.74) is 0.280. The highest BCUT2D eigenvalue weighted by atomic mass is 20.0. The van der Waals surface area contributed by atoms with Crippen molar-refractivity contribution >= 4 is 11.9 Å². The van der Waals surface area contributed by atoms with Crippen molar-refractivity contribution in [3.8, 4) is 0 Å². The standard InChI is InChI=1S/C9H8O4.CH3F.F2/c10-8(11)7(9(12)13)6-4-2-1-3-5-6;2*1-2/h1-5,7H,(H,10,11)(H,12,13);1H3;. The van der Waals surface area contributed by atoms with Crippen molar-refractivity contribution < 1.29 is 33.3 Å². The molecule has 7 heteroatoms. The van der Waals surface area contributed by atoms with Crippen LogP contribution < -0.4 is 0 Å². The Labute approximate surface area is 95.2 Å². The van der Waals surface area contributed by atoms with Crippen LogP contribution in [0, 0.1) is 0 Å². The summed E-state index contributed by atoms with van der Waals surface area (Å²) >= 11 is 0. The van der Waals surface area contributed by atoms with Crippen LogP contribution in [-0.4, -0.2) is 29.3 Å². The average molecular weight is 252 g/mol. The van der Waals surface area contributed by atoms with E-state index in [9.17, 15) is 14.0 Å². The number of rotatable bonds is 3. The summed E-state index contributed by atoms with van der Waals surface area (Å²) in [6.07, 6.45) is 0. The lowest BCUT2D eigenvalue weighted by Crippen LogP contribution is -2.20. The van der Waals surface area contributed by atoms with Gasteiger partial charge in [0.1, 0.15) is 0 Å². The van der Waals surface area contributed by atoms with Gasteiger partial charge in [0.25, 0.3) is 0 Å². The fourth-order valence-corrected chi connectivity index (χ4v) is 1.04. The van der Waals surface area contributed by atoms with E-state index >= 15 is 0 Å². The summed E-state index contributed by atoms with van der Waals surface area (Å²) in [4.78, 5) is 21.1. The van der Waals surface area contributed by atoms with Gasteiger partial charge in [-0.2, -0.15) is 0 Å². The molecule has 0 aliphatic carbocycles. The Hall–Kier alpha value is -2.05. The third-order valence-electron chi connectivity index (χ3n) is 1.63. The molecule has 96 valence electrons. The maximum atomic E-state index is 10.6. The van der Waals surface area contributed by atoms with E-state index in [1.54, 1.807) is 18.2 Å². The van der Waals surface area contributed by atoms with Gasteiger partial charge >= 0.3 is 11.9 Å². The molecule has 0 amide bonds. The molecular weight excluding hydrogens is 241 g/mol. The van der Waals surface area contributed by atoms with Crippen LogP contribution >= 0.6 is 0 Å². The zero-order valence-electron chi connectivity index (χ0n) is 8.81. The summed E-state index contributed by atoms with van der Waals surface area (Å²) in [7, 11) is 0.500. The maximum Gasteiger partial charge on any atom is 0.322 e. The van der Waals surface area contributed by atoms with E-state index < -0.39 is 17.9 Å². The molecule has 0 saturated carbocycles. The molecule has 0 bridgehead atoms. The number of aliphatic carboxylic acids is 2. The van der Waals surface area contributed by atoms with Crippen molar-refractivity contribution in [2.75, 3.05) is 7.18 Å². The number of carboxylic acid groups (broad SMARTS) is 2. The predicted molar refractivity (Wildman–Crippen MR) is 53.7 cm³/mol. The van der Waals surface area contributed by atoms with Crippen LogP contribution in [0.1, 0.15) is 11.5 Å². The van der Waals surface area contributed by atoms with Gasteiger partial charge in [0.05, 0.1) is 7.18 Å². The van der Waals surface area contributed by atoms with Crippen LogP contribution in [0.15, 0.2) is 30.3 Å². The van der Waals surface area contributed by atoms with E-state index in [-0.39, 0.29) is 5.56 Å². The van der Waals surface area contributed by atoms with E-state index in [4.69, 9.17) is 19.4 Å². The highest BCUT2D eigenvalue weighted by molar-refractivity contribution is 5.98. The monoisotopic (exact) mass is 252 g/mol. The Morgan fingerprint density at radius 3 is 1.65 bits per heavy atom. The zero-order chi connectivity index (χ0) is 13.8. The van der Waals surface area contributed by atoms with Gasteiger partial charge in [-0.05, 0) is 5.56 Å². The Morgan fingerprint density at radius 1 is 1.00 bits per heavy atom. The number of hydrogen-bond donors (Lipinski definition) is 2. The van der Waals surface area contributed by atoms with E-state index in [2.05, 4.69) is 0 Å². The maximum absolute atomic E-state index is 10.6. The molecule has 0 saturated heterocycles. The lowest BCUT2D eigenvalue weighted by atomic mass is 10.00. The van der Waals surface area contributed by atoms with Gasteiger partial charge < -0.3 is 10.2 Å². The predicted octanol–water partition coefficient (Wildman–Crippen LogP) is 2.37. The molecule has 0 radical (unpaired) electrons. The Morgan fingerprint density at radius 2 is 1.35 bits per heavy atom. The second kappa shape index (κ2) is 10.5. The minimum Gasteiger partial charge on any atom is -0.480 e. The third kappa shape index (κ3) is 6.18. The van der Waals surface area contributed by atoms with Gasteiger partial charge in [0, 0.05) is 9.15 Å². The fourth-order valence-electron chi connectivity index (χ4n) is 1.04. The quantitative estimate of drug-likeness (QED) is 0.810. The van der Waals surface area contributed by atoms with Crippen molar-refractivity contribution in [3.63, 3.8) is 0 Å². The first-order chi connectivity index (χ1) is 8.13. The summed E-state index contributed by atoms with van der Waals surface area (Å²) in [6.45, 7) is 0. The molecule has 1 rings (SSSR count). The largest absolute Gasteiger partial charge is 0.480 e. The number of benzene rings is 1. The number of carbonyl (C=O) groups is 2. The summed E-state index contributed by atoms with van der Waals surface area (Å²) < 4.78 is 25.5. The molecule has 4 nitrogen and oxygen atoms in total. The Balaban J connectivity index is 0. The van der Waals surface area contributed by atoms with Crippen molar-refractivity contribution in [1.29, 1.82) is 0 Å². The van der Waals surface area contributed by atoms with Crippen LogP contribution in [0.4, 0.5) is 13.5 Å². The minimum absolute atomic E-state index is 0.280. The lowest BCUT2D eigenvalue weighted by Gasteiger charge is -2.06. The van der Waals surface area contributed by atoms with E-state index in [1.807, 2.05) is 0 Å². The first-order valence-electron chi connectivity index (χ1n) is 4.15. The molecule has 0 aromatic heterocycles. The van der Waals surface area contributed by atoms with E-state index in [0.29, 0.717) is 7.18 Å². The number of alkyl halides is 1. The van der Waals surface area contributed by atoms with Gasteiger partial charge in [0.2, 0.25) is 0 Å². The van der Waals surface area contributed by atoms with Crippen molar-refractivity contribution in [2.45, 2.75) is 5.92 Å². The molecule has 0 spiro atoms. The average Bonchev–Trinajstić information content (AvgIpc) is 2.34. The highest BCUT2D eigenvalue weighted by Crippen LogP contribution is 2.15. The van der Waals surface area contributed by atoms with Crippen LogP contribution in [-0.2, 0) is 9.59 Å². The van der Waals surface area contributed by atoms with Gasteiger partial charge in [-0.25, -0.2) is 0 Å².